The molecular weight excluding hydrogens is 198 g/mol. The quantitative estimate of drug-likeness (QED) is 0.587. The number of aromatic amines is 2. The Bertz CT molecular complexity index is 676. The van der Waals surface area contributed by atoms with Crippen molar-refractivity contribution >= 4 is 32.6 Å². The maximum Gasteiger partial charge on any atom is 0.323 e. The number of benzene rings is 1. The summed E-state index contributed by atoms with van der Waals surface area (Å²) < 4.78 is 1.10. The standard InChI is InChI=1S/C9H7N3OS/c1-4-10-8-6(14-4)3-2-5-7(8)12-9(13)11-5/h2-3H,1H3,(H2,11,12,13). The van der Waals surface area contributed by atoms with Crippen LogP contribution in [-0.4, -0.2) is 15.0 Å². The summed E-state index contributed by atoms with van der Waals surface area (Å²) in [6.45, 7) is 1.96. The predicted octanol–water partition coefficient (Wildman–Crippen LogP) is 1.77. The average molecular weight is 205 g/mol. The highest BCUT2D eigenvalue weighted by Gasteiger charge is 2.07. The van der Waals surface area contributed by atoms with Crippen LogP contribution in [0.4, 0.5) is 0 Å². The molecule has 0 atom stereocenters. The zero-order valence-corrected chi connectivity index (χ0v) is 8.23. The van der Waals surface area contributed by atoms with Crippen molar-refractivity contribution in [2.45, 2.75) is 6.92 Å². The summed E-state index contributed by atoms with van der Waals surface area (Å²) in [6, 6.07) is 3.87. The summed E-state index contributed by atoms with van der Waals surface area (Å²) in [5.41, 5.74) is 2.31. The minimum absolute atomic E-state index is 0.182. The summed E-state index contributed by atoms with van der Waals surface area (Å²) in [4.78, 5) is 20.9. The Morgan fingerprint density at radius 1 is 1.36 bits per heavy atom. The predicted molar refractivity (Wildman–Crippen MR) is 56.8 cm³/mol. The summed E-state index contributed by atoms with van der Waals surface area (Å²) in [5.74, 6) is 0. The van der Waals surface area contributed by atoms with Gasteiger partial charge < -0.3 is 9.97 Å². The van der Waals surface area contributed by atoms with Crippen LogP contribution in [0, 0.1) is 6.92 Å². The van der Waals surface area contributed by atoms with Gasteiger partial charge in [0, 0.05) is 0 Å². The van der Waals surface area contributed by atoms with Crippen molar-refractivity contribution in [2.24, 2.45) is 0 Å². The lowest BCUT2D eigenvalue weighted by atomic mass is 10.3. The Balaban J connectivity index is 2.65. The fraction of sp³-hybridized carbons (Fsp3) is 0.111. The van der Waals surface area contributed by atoms with E-state index in [1.165, 1.54) is 0 Å². The van der Waals surface area contributed by atoms with Crippen LogP contribution in [0.25, 0.3) is 21.3 Å². The molecule has 70 valence electrons. The second-order valence-electron chi connectivity index (χ2n) is 3.15. The topological polar surface area (TPSA) is 61.5 Å². The van der Waals surface area contributed by atoms with E-state index >= 15 is 0 Å². The molecule has 2 aromatic heterocycles. The zero-order valence-electron chi connectivity index (χ0n) is 7.42. The maximum atomic E-state index is 11.1. The van der Waals surface area contributed by atoms with Gasteiger partial charge in [0.25, 0.3) is 0 Å². The SMILES string of the molecule is Cc1nc2c(ccc3[nH]c(=O)[nH]c32)s1. The number of fused-ring (bicyclic) bond motifs is 3. The van der Waals surface area contributed by atoms with Crippen LogP contribution >= 0.6 is 11.3 Å². The van der Waals surface area contributed by atoms with Crippen molar-refractivity contribution in [2.75, 3.05) is 0 Å². The number of nitrogens with zero attached hydrogens (tertiary/aromatic N) is 1. The molecule has 0 saturated carbocycles. The molecule has 14 heavy (non-hydrogen) atoms. The molecule has 0 saturated heterocycles. The normalized spacial score (nSPS) is 11.5. The van der Waals surface area contributed by atoms with Gasteiger partial charge in [-0.2, -0.15) is 0 Å². The minimum Gasteiger partial charge on any atom is -0.306 e. The van der Waals surface area contributed by atoms with Crippen molar-refractivity contribution in [1.29, 1.82) is 0 Å². The largest absolute Gasteiger partial charge is 0.323 e. The number of imidazole rings is 1. The number of aromatic nitrogens is 3. The van der Waals surface area contributed by atoms with E-state index in [-0.39, 0.29) is 5.69 Å². The van der Waals surface area contributed by atoms with Crippen LogP contribution in [0.15, 0.2) is 16.9 Å². The van der Waals surface area contributed by atoms with Gasteiger partial charge in [0.15, 0.2) is 0 Å². The molecular formula is C9H7N3OS. The van der Waals surface area contributed by atoms with Gasteiger partial charge in [-0.1, -0.05) is 0 Å². The van der Waals surface area contributed by atoms with E-state index in [9.17, 15) is 4.79 Å². The summed E-state index contributed by atoms with van der Waals surface area (Å²) in [7, 11) is 0. The maximum absolute atomic E-state index is 11.1. The molecule has 0 amide bonds. The van der Waals surface area contributed by atoms with Crippen molar-refractivity contribution in [3.63, 3.8) is 0 Å². The molecule has 0 aliphatic heterocycles. The first-order chi connectivity index (χ1) is 6.74. The van der Waals surface area contributed by atoms with Gasteiger partial charge in [-0.25, -0.2) is 9.78 Å². The Hall–Kier alpha value is -1.62. The lowest BCUT2D eigenvalue weighted by molar-refractivity contribution is 1.21. The molecule has 0 radical (unpaired) electrons. The number of aryl methyl sites for hydroxylation is 1. The van der Waals surface area contributed by atoms with Crippen LogP contribution in [0.3, 0.4) is 0 Å². The van der Waals surface area contributed by atoms with Gasteiger partial charge in [-0.3, -0.25) is 0 Å². The first kappa shape index (κ1) is 7.75. The lowest BCUT2D eigenvalue weighted by Gasteiger charge is -1.88. The zero-order chi connectivity index (χ0) is 9.71. The van der Waals surface area contributed by atoms with E-state index < -0.39 is 0 Å². The molecule has 4 nitrogen and oxygen atoms in total. The molecule has 0 aliphatic rings. The molecule has 0 aliphatic carbocycles. The minimum atomic E-state index is -0.182. The number of nitrogens with one attached hydrogen (secondary N) is 2. The van der Waals surface area contributed by atoms with Crippen LogP contribution in [0.5, 0.6) is 0 Å². The molecule has 0 fully saturated rings. The number of hydrogen-bond acceptors (Lipinski definition) is 3. The van der Waals surface area contributed by atoms with E-state index in [4.69, 9.17) is 0 Å². The second-order valence-corrected chi connectivity index (χ2v) is 4.38. The van der Waals surface area contributed by atoms with Gasteiger partial charge in [0.2, 0.25) is 0 Å². The second kappa shape index (κ2) is 2.45. The molecule has 5 heteroatoms. The van der Waals surface area contributed by atoms with Gasteiger partial charge in [0.1, 0.15) is 5.52 Å². The molecule has 0 spiro atoms. The third-order valence-corrected chi connectivity index (χ3v) is 3.09. The fourth-order valence-electron chi connectivity index (χ4n) is 1.60. The van der Waals surface area contributed by atoms with E-state index in [1.807, 2.05) is 19.1 Å². The Morgan fingerprint density at radius 2 is 2.21 bits per heavy atom. The van der Waals surface area contributed by atoms with Crippen molar-refractivity contribution in [3.05, 3.63) is 27.6 Å². The van der Waals surface area contributed by atoms with Crippen molar-refractivity contribution < 1.29 is 0 Å². The van der Waals surface area contributed by atoms with E-state index in [0.29, 0.717) is 0 Å². The fourth-order valence-corrected chi connectivity index (χ4v) is 2.44. The van der Waals surface area contributed by atoms with E-state index in [0.717, 1.165) is 26.3 Å². The molecule has 1 aromatic carbocycles. The van der Waals surface area contributed by atoms with E-state index in [1.54, 1.807) is 11.3 Å². The number of hydrogen-bond donors (Lipinski definition) is 2. The van der Waals surface area contributed by atoms with Crippen molar-refractivity contribution in [3.8, 4) is 0 Å². The van der Waals surface area contributed by atoms with Gasteiger partial charge >= 0.3 is 5.69 Å². The monoisotopic (exact) mass is 205 g/mol. The average Bonchev–Trinajstić information content (AvgIpc) is 2.65. The Morgan fingerprint density at radius 3 is 3.07 bits per heavy atom. The third kappa shape index (κ3) is 0.927. The third-order valence-electron chi connectivity index (χ3n) is 2.15. The highest BCUT2D eigenvalue weighted by atomic mass is 32.1. The lowest BCUT2D eigenvalue weighted by Crippen LogP contribution is -1.99. The molecule has 3 rings (SSSR count). The van der Waals surface area contributed by atoms with Crippen LogP contribution in [-0.2, 0) is 0 Å². The number of H-pyrrole nitrogens is 2. The first-order valence-electron chi connectivity index (χ1n) is 4.22. The van der Waals surface area contributed by atoms with Gasteiger partial charge in [-0.05, 0) is 19.1 Å². The number of rotatable bonds is 0. The highest BCUT2D eigenvalue weighted by molar-refractivity contribution is 7.18. The molecule has 0 unspecified atom stereocenters. The Labute approximate surface area is 82.6 Å². The van der Waals surface area contributed by atoms with Gasteiger partial charge in [0.05, 0.1) is 20.7 Å². The van der Waals surface area contributed by atoms with Crippen LogP contribution in [0.1, 0.15) is 5.01 Å². The van der Waals surface area contributed by atoms with Crippen LogP contribution in [0.2, 0.25) is 0 Å². The summed E-state index contributed by atoms with van der Waals surface area (Å²) in [6.07, 6.45) is 0. The number of thiazole rings is 1. The Kier molecular flexibility index (Phi) is 1.36. The van der Waals surface area contributed by atoms with E-state index in [2.05, 4.69) is 15.0 Å². The summed E-state index contributed by atoms with van der Waals surface area (Å²) in [5, 5.41) is 1.01. The van der Waals surface area contributed by atoms with Crippen molar-refractivity contribution in [1.82, 2.24) is 15.0 Å². The molecule has 3 aromatic rings. The molecule has 2 heterocycles. The smallest absolute Gasteiger partial charge is 0.306 e. The van der Waals surface area contributed by atoms with Crippen LogP contribution < -0.4 is 5.69 Å². The summed E-state index contributed by atoms with van der Waals surface area (Å²) >= 11 is 1.63. The molecule has 0 bridgehead atoms. The first-order valence-corrected chi connectivity index (χ1v) is 5.04. The molecule has 2 N–H and O–H groups in total. The van der Waals surface area contributed by atoms with Gasteiger partial charge in [-0.15, -0.1) is 11.3 Å². The highest BCUT2D eigenvalue weighted by Crippen LogP contribution is 2.26.